The number of hydrogen-bond donors (Lipinski definition) is 0. The summed E-state index contributed by atoms with van der Waals surface area (Å²) in [6, 6.07) is 8.32. The van der Waals surface area contributed by atoms with E-state index in [0.29, 0.717) is 24.4 Å². The molecule has 0 saturated carbocycles. The second-order valence-corrected chi connectivity index (χ2v) is 5.69. The van der Waals surface area contributed by atoms with Gasteiger partial charge in [-0.1, -0.05) is 17.3 Å². The highest BCUT2D eigenvalue weighted by Crippen LogP contribution is 2.35. The molecule has 7 nitrogen and oxygen atoms in total. The van der Waals surface area contributed by atoms with E-state index in [4.69, 9.17) is 9.26 Å². The Bertz CT molecular complexity index is 758. The number of rotatable bonds is 1. The number of hydrogen-bond acceptors (Lipinski definition) is 5. The summed E-state index contributed by atoms with van der Waals surface area (Å²) >= 11 is 0. The maximum Gasteiger partial charge on any atom is 0.293 e. The lowest BCUT2D eigenvalue weighted by Gasteiger charge is -2.28. The average molecular weight is 313 g/mol. The van der Waals surface area contributed by atoms with Crippen LogP contribution in [0.5, 0.6) is 5.75 Å². The minimum atomic E-state index is -0.559. The number of benzene rings is 1. The predicted octanol–water partition coefficient (Wildman–Crippen LogP) is 1.31. The monoisotopic (exact) mass is 313 g/mol. The van der Waals surface area contributed by atoms with Gasteiger partial charge in [0, 0.05) is 19.5 Å². The molecule has 0 N–H and O–H groups in total. The Kier molecular flexibility index (Phi) is 3.07. The van der Waals surface area contributed by atoms with Crippen molar-refractivity contribution >= 4 is 17.5 Å². The zero-order valence-corrected chi connectivity index (χ0v) is 12.5. The zero-order valence-electron chi connectivity index (χ0n) is 12.5. The zero-order chi connectivity index (χ0) is 16.0. The fourth-order valence-corrected chi connectivity index (χ4v) is 3.16. The van der Waals surface area contributed by atoms with Gasteiger partial charge < -0.3 is 19.1 Å². The Balaban J connectivity index is 1.70. The highest BCUT2D eigenvalue weighted by atomic mass is 16.5. The molecular weight excluding hydrogens is 298 g/mol. The van der Waals surface area contributed by atoms with Gasteiger partial charge in [0.2, 0.25) is 11.7 Å². The van der Waals surface area contributed by atoms with Gasteiger partial charge in [-0.2, -0.15) is 0 Å². The van der Waals surface area contributed by atoms with E-state index < -0.39 is 6.04 Å². The summed E-state index contributed by atoms with van der Waals surface area (Å²) in [5.74, 6) is 0.311. The molecule has 1 aromatic carbocycles. The molecule has 2 unspecified atom stereocenters. The van der Waals surface area contributed by atoms with E-state index in [1.54, 1.807) is 11.9 Å². The smallest absolute Gasteiger partial charge is 0.293 e. The number of carbonyl (C=O) groups is 2. The molecular formula is C16H15N3O4. The Morgan fingerprint density at radius 1 is 1.30 bits per heavy atom. The van der Waals surface area contributed by atoms with Crippen LogP contribution in [0, 0.1) is 0 Å². The summed E-state index contributed by atoms with van der Waals surface area (Å²) in [5, 5.41) is 3.55. The standard InChI is InChI=1S/C16H15N3O4/c1-18-11-4-2-3-5-13(11)22-10-8-12(15(18)20)19(9-10)16(21)14-6-7-17-23-14/h2-7,10,12H,8-9H2,1H3. The van der Waals surface area contributed by atoms with E-state index in [9.17, 15) is 9.59 Å². The van der Waals surface area contributed by atoms with Crippen molar-refractivity contribution in [1.29, 1.82) is 0 Å². The third kappa shape index (κ3) is 2.16. The fraction of sp³-hybridized carbons (Fsp3) is 0.312. The number of amides is 2. The summed E-state index contributed by atoms with van der Waals surface area (Å²) in [5.41, 5.74) is 0.709. The summed E-state index contributed by atoms with van der Waals surface area (Å²) < 4.78 is 10.9. The molecule has 1 fully saturated rings. The molecule has 23 heavy (non-hydrogen) atoms. The number of para-hydroxylation sites is 2. The van der Waals surface area contributed by atoms with Crippen molar-refractivity contribution in [2.75, 3.05) is 18.5 Å². The highest BCUT2D eigenvalue weighted by molar-refractivity contribution is 6.02. The van der Waals surface area contributed by atoms with E-state index in [1.165, 1.54) is 17.2 Å². The van der Waals surface area contributed by atoms with E-state index in [-0.39, 0.29) is 23.7 Å². The van der Waals surface area contributed by atoms with Crippen LogP contribution in [0.3, 0.4) is 0 Å². The molecule has 7 heteroatoms. The Morgan fingerprint density at radius 3 is 2.91 bits per heavy atom. The molecule has 0 radical (unpaired) electrons. The van der Waals surface area contributed by atoms with Gasteiger partial charge in [-0.25, -0.2) is 0 Å². The van der Waals surface area contributed by atoms with Crippen LogP contribution >= 0.6 is 0 Å². The third-order valence-corrected chi connectivity index (χ3v) is 4.31. The predicted molar refractivity (Wildman–Crippen MR) is 80.2 cm³/mol. The third-order valence-electron chi connectivity index (χ3n) is 4.31. The maximum absolute atomic E-state index is 12.8. The molecule has 0 spiro atoms. The van der Waals surface area contributed by atoms with Crippen molar-refractivity contribution in [3.05, 3.63) is 42.3 Å². The van der Waals surface area contributed by atoms with Crippen molar-refractivity contribution in [1.82, 2.24) is 10.1 Å². The number of aromatic nitrogens is 1. The normalized spacial score (nSPS) is 23.1. The SMILES string of the molecule is CN1C(=O)C2CC(CN2C(=O)c2ccno2)Oc2ccccc21. The fourth-order valence-electron chi connectivity index (χ4n) is 3.16. The number of likely N-dealkylation sites (N-methyl/N-ethyl adjacent to an activating group) is 1. The largest absolute Gasteiger partial charge is 0.486 e. The topological polar surface area (TPSA) is 75.9 Å². The number of fused-ring (bicyclic) bond motifs is 3. The van der Waals surface area contributed by atoms with Crippen LogP contribution in [0.25, 0.3) is 0 Å². The van der Waals surface area contributed by atoms with Gasteiger partial charge in [0.05, 0.1) is 18.4 Å². The first-order valence-electron chi connectivity index (χ1n) is 7.40. The van der Waals surface area contributed by atoms with Crippen LogP contribution in [0.2, 0.25) is 0 Å². The van der Waals surface area contributed by atoms with Crippen LogP contribution in [0.4, 0.5) is 5.69 Å². The van der Waals surface area contributed by atoms with Gasteiger partial charge in [-0.05, 0) is 12.1 Å². The van der Waals surface area contributed by atoms with Crippen LogP contribution < -0.4 is 9.64 Å². The quantitative estimate of drug-likeness (QED) is 0.793. The van der Waals surface area contributed by atoms with Crippen LogP contribution in [0.15, 0.2) is 41.1 Å². The number of carbonyl (C=O) groups excluding carboxylic acids is 2. The van der Waals surface area contributed by atoms with Crippen LogP contribution in [0.1, 0.15) is 17.0 Å². The Labute approximate surface area is 132 Å². The molecule has 2 aromatic rings. The molecule has 1 saturated heterocycles. The first-order chi connectivity index (χ1) is 11.1. The molecule has 2 aliphatic rings. The van der Waals surface area contributed by atoms with E-state index in [0.717, 1.165) is 0 Å². The summed E-state index contributed by atoms with van der Waals surface area (Å²) in [4.78, 5) is 28.5. The second kappa shape index (κ2) is 5.12. The number of nitrogens with zero attached hydrogens (tertiary/aromatic N) is 3. The summed E-state index contributed by atoms with van der Waals surface area (Å²) in [7, 11) is 1.69. The van der Waals surface area contributed by atoms with Crippen molar-refractivity contribution in [3.63, 3.8) is 0 Å². The lowest BCUT2D eigenvalue weighted by atomic mass is 10.1. The second-order valence-electron chi connectivity index (χ2n) is 5.69. The lowest BCUT2D eigenvalue weighted by molar-refractivity contribution is -0.122. The van der Waals surface area contributed by atoms with E-state index in [2.05, 4.69) is 5.16 Å². The highest BCUT2D eigenvalue weighted by Gasteiger charge is 2.45. The molecule has 2 bridgehead atoms. The maximum atomic E-state index is 12.8. The molecule has 3 heterocycles. The number of ether oxygens (including phenoxy) is 1. The Morgan fingerprint density at radius 2 is 2.13 bits per heavy atom. The first-order valence-corrected chi connectivity index (χ1v) is 7.40. The minimum Gasteiger partial charge on any atom is -0.486 e. The number of anilines is 1. The molecule has 1 aromatic heterocycles. The number of likely N-dealkylation sites (tertiary alicyclic amines) is 1. The Hall–Kier alpha value is -2.83. The molecule has 118 valence electrons. The van der Waals surface area contributed by atoms with Crippen molar-refractivity contribution in [3.8, 4) is 5.75 Å². The van der Waals surface area contributed by atoms with Gasteiger partial charge in [-0.15, -0.1) is 0 Å². The van der Waals surface area contributed by atoms with Crippen LogP contribution in [-0.4, -0.2) is 47.6 Å². The first kappa shape index (κ1) is 13.8. The minimum absolute atomic E-state index is 0.128. The molecule has 0 aliphatic carbocycles. The summed E-state index contributed by atoms with van der Waals surface area (Å²) in [6.07, 6.45) is 1.66. The van der Waals surface area contributed by atoms with Crippen molar-refractivity contribution in [2.24, 2.45) is 0 Å². The van der Waals surface area contributed by atoms with E-state index in [1.807, 2.05) is 24.3 Å². The lowest BCUT2D eigenvalue weighted by Crippen LogP contribution is -2.46. The molecule has 4 rings (SSSR count). The molecule has 2 aliphatic heterocycles. The van der Waals surface area contributed by atoms with E-state index >= 15 is 0 Å². The van der Waals surface area contributed by atoms with Crippen LogP contribution in [-0.2, 0) is 4.79 Å². The van der Waals surface area contributed by atoms with Gasteiger partial charge in [0.1, 0.15) is 17.9 Å². The molecule has 2 amide bonds. The van der Waals surface area contributed by atoms with Gasteiger partial charge >= 0.3 is 0 Å². The van der Waals surface area contributed by atoms with Gasteiger partial charge in [0.25, 0.3) is 5.91 Å². The molecule has 2 atom stereocenters. The van der Waals surface area contributed by atoms with Gasteiger partial charge in [0.15, 0.2) is 0 Å². The average Bonchev–Trinajstić information content (AvgIpc) is 3.22. The van der Waals surface area contributed by atoms with Crippen molar-refractivity contribution < 1.29 is 18.8 Å². The summed E-state index contributed by atoms with van der Waals surface area (Å²) in [6.45, 7) is 0.345. The van der Waals surface area contributed by atoms with Crippen molar-refractivity contribution in [2.45, 2.75) is 18.6 Å². The van der Waals surface area contributed by atoms with Gasteiger partial charge in [-0.3, -0.25) is 9.59 Å².